The minimum atomic E-state index is -1.65. The van der Waals surface area contributed by atoms with E-state index < -0.39 is 21.6 Å². The fourth-order valence-corrected chi connectivity index (χ4v) is 1.88. The van der Waals surface area contributed by atoms with Gasteiger partial charge in [0.15, 0.2) is 0 Å². The van der Waals surface area contributed by atoms with Crippen molar-refractivity contribution >= 4 is 46.7 Å². The van der Waals surface area contributed by atoms with E-state index >= 15 is 0 Å². The van der Waals surface area contributed by atoms with E-state index in [4.69, 9.17) is 39.5 Å². The fraction of sp³-hybridized carbons (Fsp3) is 0.636. The number of rotatable bonds is 3. The molecule has 0 saturated carbocycles. The molecule has 7 heteroatoms. The highest BCUT2D eigenvalue weighted by molar-refractivity contribution is 6.67. The van der Waals surface area contributed by atoms with Gasteiger partial charge in [0, 0.05) is 5.57 Å². The van der Waals surface area contributed by atoms with Crippen molar-refractivity contribution in [2.24, 2.45) is 5.92 Å². The number of hydrogen-bond acceptors (Lipinski definition) is 4. The quantitative estimate of drug-likeness (QED) is 0.593. The number of hydrogen-bond donors (Lipinski definition) is 0. The van der Waals surface area contributed by atoms with Gasteiger partial charge in [-0.15, -0.1) is 0 Å². The van der Waals surface area contributed by atoms with Crippen molar-refractivity contribution in [3.05, 3.63) is 11.6 Å². The first-order valence-corrected chi connectivity index (χ1v) is 6.50. The second-order valence-electron chi connectivity index (χ2n) is 3.86. The summed E-state index contributed by atoms with van der Waals surface area (Å²) in [6, 6.07) is 0. The van der Waals surface area contributed by atoms with E-state index in [0.29, 0.717) is 12.0 Å². The van der Waals surface area contributed by atoms with Crippen LogP contribution in [0.1, 0.15) is 19.3 Å². The largest absolute Gasteiger partial charge is 0.466 e. The molecule has 1 aliphatic carbocycles. The molecule has 1 unspecified atom stereocenters. The monoisotopic (exact) mass is 314 g/mol. The molecule has 0 aromatic heterocycles. The van der Waals surface area contributed by atoms with Crippen LogP contribution < -0.4 is 0 Å². The topological polar surface area (TPSA) is 52.6 Å². The van der Waals surface area contributed by atoms with Crippen LogP contribution in [0.5, 0.6) is 0 Å². The van der Waals surface area contributed by atoms with Gasteiger partial charge in [0.25, 0.3) is 0 Å². The Morgan fingerprint density at radius 1 is 1.44 bits per heavy atom. The van der Waals surface area contributed by atoms with Crippen LogP contribution in [-0.2, 0) is 19.1 Å². The van der Waals surface area contributed by atoms with Crippen LogP contribution >= 0.6 is 34.8 Å². The number of alkyl halides is 3. The number of halogens is 3. The van der Waals surface area contributed by atoms with Gasteiger partial charge < -0.3 is 9.47 Å². The van der Waals surface area contributed by atoms with Crippen LogP contribution in [-0.4, -0.2) is 29.4 Å². The zero-order valence-corrected chi connectivity index (χ0v) is 12.0. The van der Waals surface area contributed by atoms with Gasteiger partial charge in [-0.05, 0) is 19.3 Å². The molecule has 1 atom stereocenters. The van der Waals surface area contributed by atoms with Crippen molar-refractivity contribution in [3.63, 3.8) is 0 Å². The van der Waals surface area contributed by atoms with E-state index in [1.54, 1.807) is 6.08 Å². The third kappa shape index (κ3) is 4.67. The second kappa shape index (κ2) is 6.64. The minimum Gasteiger partial charge on any atom is -0.466 e. The van der Waals surface area contributed by atoms with Crippen LogP contribution in [0.15, 0.2) is 11.6 Å². The number of allylic oxidation sites excluding steroid dienone is 1. The molecule has 0 spiro atoms. The predicted molar refractivity (Wildman–Crippen MR) is 68.7 cm³/mol. The molecule has 4 nitrogen and oxygen atoms in total. The van der Waals surface area contributed by atoms with E-state index in [0.717, 1.165) is 12.8 Å². The lowest BCUT2D eigenvalue weighted by Gasteiger charge is -2.22. The Bertz CT molecular complexity index is 360. The Morgan fingerprint density at radius 2 is 2.11 bits per heavy atom. The molecule has 1 rings (SSSR count). The molecule has 18 heavy (non-hydrogen) atoms. The molecule has 0 radical (unpaired) electrons. The average molecular weight is 316 g/mol. The zero-order chi connectivity index (χ0) is 13.8. The van der Waals surface area contributed by atoms with Crippen molar-refractivity contribution in [2.75, 3.05) is 13.7 Å². The van der Waals surface area contributed by atoms with Gasteiger partial charge in [0.1, 0.15) is 6.61 Å². The zero-order valence-electron chi connectivity index (χ0n) is 9.75. The number of carbonyl (C=O) groups excluding carboxylic acids is 2. The van der Waals surface area contributed by atoms with Crippen molar-refractivity contribution < 1.29 is 19.1 Å². The molecule has 0 bridgehead atoms. The molecule has 0 N–H and O–H groups in total. The predicted octanol–water partition coefficient (Wildman–Crippen LogP) is 2.80. The summed E-state index contributed by atoms with van der Waals surface area (Å²) in [4.78, 5) is 23.3. The number of esters is 2. The van der Waals surface area contributed by atoms with Gasteiger partial charge in [-0.3, -0.25) is 4.79 Å². The summed E-state index contributed by atoms with van der Waals surface area (Å²) < 4.78 is 7.86. The Labute approximate surface area is 120 Å². The highest BCUT2D eigenvalue weighted by Crippen LogP contribution is 2.30. The van der Waals surface area contributed by atoms with E-state index in [1.165, 1.54) is 7.11 Å². The molecular formula is C11H13Cl3O4. The third-order valence-corrected chi connectivity index (χ3v) is 2.85. The summed E-state index contributed by atoms with van der Waals surface area (Å²) in [5.41, 5.74) is 0.318. The van der Waals surface area contributed by atoms with Crippen LogP contribution in [0.4, 0.5) is 0 Å². The fourth-order valence-electron chi connectivity index (χ4n) is 1.72. The molecular weight excluding hydrogens is 302 g/mol. The van der Waals surface area contributed by atoms with Crippen LogP contribution in [0, 0.1) is 5.92 Å². The lowest BCUT2D eigenvalue weighted by atomic mass is 9.88. The average Bonchev–Trinajstić information content (AvgIpc) is 2.34. The molecule has 1 aliphatic rings. The summed E-state index contributed by atoms with van der Waals surface area (Å²) in [7, 11) is 1.27. The van der Waals surface area contributed by atoms with E-state index in [-0.39, 0.29) is 6.61 Å². The van der Waals surface area contributed by atoms with Gasteiger partial charge in [-0.25, -0.2) is 4.79 Å². The van der Waals surface area contributed by atoms with E-state index in [1.807, 2.05) is 0 Å². The summed E-state index contributed by atoms with van der Waals surface area (Å²) in [5, 5.41) is 0. The molecule has 0 aromatic carbocycles. The molecule has 0 aromatic rings. The first kappa shape index (κ1) is 15.6. The molecule has 102 valence electrons. The summed E-state index contributed by atoms with van der Waals surface area (Å²) >= 11 is 16.5. The second-order valence-corrected chi connectivity index (χ2v) is 6.37. The van der Waals surface area contributed by atoms with Gasteiger partial charge >= 0.3 is 11.9 Å². The van der Waals surface area contributed by atoms with Crippen LogP contribution in [0.2, 0.25) is 0 Å². The van der Waals surface area contributed by atoms with E-state index in [9.17, 15) is 9.59 Å². The first-order valence-electron chi connectivity index (χ1n) is 5.37. The maximum absolute atomic E-state index is 11.8. The molecule has 0 heterocycles. The summed E-state index contributed by atoms with van der Waals surface area (Å²) in [6.45, 7) is -0.346. The van der Waals surface area contributed by atoms with Crippen molar-refractivity contribution in [2.45, 2.75) is 23.1 Å². The lowest BCUT2D eigenvalue weighted by Crippen LogP contribution is -2.29. The molecule has 0 fully saturated rings. The maximum Gasteiger partial charge on any atom is 0.334 e. The highest BCUT2D eigenvalue weighted by atomic mass is 35.6. The van der Waals surface area contributed by atoms with Crippen LogP contribution in [0.25, 0.3) is 0 Å². The smallest absolute Gasteiger partial charge is 0.334 e. The highest BCUT2D eigenvalue weighted by Gasteiger charge is 2.33. The van der Waals surface area contributed by atoms with E-state index in [2.05, 4.69) is 4.74 Å². The van der Waals surface area contributed by atoms with Crippen molar-refractivity contribution in [3.8, 4) is 0 Å². The molecule has 0 amide bonds. The van der Waals surface area contributed by atoms with Crippen molar-refractivity contribution in [1.29, 1.82) is 0 Å². The van der Waals surface area contributed by atoms with Crippen molar-refractivity contribution in [1.82, 2.24) is 0 Å². The Balaban J connectivity index is 2.68. The third-order valence-electron chi connectivity index (χ3n) is 2.52. The summed E-state index contributed by atoms with van der Waals surface area (Å²) in [6.07, 6.45) is 3.75. The van der Waals surface area contributed by atoms with Crippen LogP contribution in [0.3, 0.4) is 0 Å². The summed E-state index contributed by atoms with van der Waals surface area (Å²) in [5.74, 6) is -1.73. The first-order chi connectivity index (χ1) is 8.35. The van der Waals surface area contributed by atoms with Gasteiger partial charge in [-0.2, -0.15) is 0 Å². The Morgan fingerprint density at radius 3 is 2.67 bits per heavy atom. The molecule has 0 saturated heterocycles. The Kier molecular flexibility index (Phi) is 5.76. The standard InChI is InChI=1S/C11H13Cl3O4/c1-17-9(15)7-4-2-3-5-8(7)10(16)18-6-11(12,13)14/h4,8H,2-3,5-6H2,1H3. The minimum absolute atomic E-state index is 0.318. The van der Waals surface area contributed by atoms with Gasteiger partial charge in [-0.1, -0.05) is 40.9 Å². The maximum atomic E-state index is 11.8. The number of methoxy groups -OCH3 is 1. The Hall–Kier alpha value is -0.450. The number of ether oxygens (including phenoxy) is 2. The lowest BCUT2D eigenvalue weighted by molar-refractivity contribution is -0.150. The molecule has 0 aliphatic heterocycles. The van der Waals surface area contributed by atoms with Gasteiger partial charge in [0.2, 0.25) is 3.79 Å². The number of carbonyl (C=O) groups is 2. The normalized spacial score (nSPS) is 20.0. The SMILES string of the molecule is COC(=O)C1=CCCCC1C(=O)OCC(Cl)(Cl)Cl. The van der Waals surface area contributed by atoms with Gasteiger partial charge in [0.05, 0.1) is 13.0 Å².